The minimum Gasteiger partial charge on any atom is -0.462 e. The Morgan fingerprint density at radius 1 is 0.259 bits per heavy atom. The monoisotopic (exact) mass is 1120 g/mol. The van der Waals surface area contributed by atoms with Crippen molar-refractivity contribution in [1.29, 1.82) is 0 Å². The fourth-order valence-corrected chi connectivity index (χ4v) is 8.92. The van der Waals surface area contributed by atoms with Crippen LogP contribution in [0.2, 0.25) is 0 Å². The molecular formula is C75H122O6. The summed E-state index contributed by atoms with van der Waals surface area (Å²) in [6, 6.07) is 0. The molecule has 0 spiro atoms. The molecule has 6 nitrogen and oxygen atoms in total. The number of hydrogen-bond donors (Lipinski definition) is 0. The highest BCUT2D eigenvalue weighted by Crippen LogP contribution is 2.16. The molecule has 0 aromatic rings. The minimum atomic E-state index is -0.805. The van der Waals surface area contributed by atoms with Crippen LogP contribution in [0, 0.1) is 0 Å². The first-order chi connectivity index (χ1) is 40.0. The zero-order valence-electron chi connectivity index (χ0n) is 52.5. The van der Waals surface area contributed by atoms with Gasteiger partial charge in [-0.2, -0.15) is 0 Å². The Hall–Kier alpha value is -4.71. The number of allylic oxidation sites excluding steroid dienone is 24. The van der Waals surface area contributed by atoms with E-state index < -0.39 is 6.10 Å². The summed E-state index contributed by atoms with van der Waals surface area (Å²) < 4.78 is 16.9. The van der Waals surface area contributed by atoms with Crippen LogP contribution in [0.25, 0.3) is 0 Å². The van der Waals surface area contributed by atoms with Gasteiger partial charge in [-0.3, -0.25) is 14.4 Å². The molecule has 0 aliphatic heterocycles. The van der Waals surface area contributed by atoms with E-state index in [2.05, 4.69) is 167 Å². The summed E-state index contributed by atoms with van der Waals surface area (Å²) in [6.07, 6.45) is 97.0. The lowest BCUT2D eigenvalue weighted by atomic mass is 10.0. The molecule has 0 aromatic heterocycles. The first kappa shape index (κ1) is 76.3. The molecule has 0 N–H and O–H groups in total. The summed E-state index contributed by atoms with van der Waals surface area (Å²) in [6.45, 7) is 6.39. The highest BCUT2D eigenvalue weighted by Gasteiger charge is 2.19. The minimum absolute atomic E-state index is 0.0961. The van der Waals surface area contributed by atoms with Crippen LogP contribution in [0.3, 0.4) is 0 Å². The van der Waals surface area contributed by atoms with E-state index in [1.807, 2.05) is 0 Å². The summed E-state index contributed by atoms with van der Waals surface area (Å²) in [7, 11) is 0. The summed E-state index contributed by atoms with van der Waals surface area (Å²) in [5, 5.41) is 0. The highest BCUT2D eigenvalue weighted by atomic mass is 16.6. The molecule has 0 aliphatic rings. The Bertz CT molecular complexity index is 1760. The third kappa shape index (κ3) is 66.0. The molecule has 0 rings (SSSR count). The second-order valence-corrected chi connectivity index (χ2v) is 21.6. The molecule has 0 amide bonds. The highest BCUT2D eigenvalue weighted by molar-refractivity contribution is 5.71. The fraction of sp³-hybridized carbons (Fsp3) is 0.640. The average Bonchev–Trinajstić information content (AvgIpc) is 3.47. The summed E-state index contributed by atoms with van der Waals surface area (Å²) in [4.78, 5) is 38.4. The lowest BCUT2D eigenvalue weighted by Crippen LogP contribution is -2.30. The Morgan fingerprint density at radius 3 is 0.765 bits per heavy atom. The van der Waals surface area contributed by atoms with Gasteiger partial charge in [0.05, 0.1) is 0 Å². The maximum absolute atomic E-state index is 12.9. The van der Waals surface area contributed by atoms with Gasteiger partial charge in [0.25, 0.3) is 0 Å². The molecule has 0 saturated carbocycles. The van der Waals surface area contributed by atoms with Gasteiger partial charge >= 0.3 is 17.9 Å². The molecule has 458 valence electrons. The van der Waals surface area contributed by atoms with Crippen LogP contribution in [-0.2, 0) is 28.6 Å². The molecule has 0 bridgehead atoms. The molecule has 0 saturated heterocycles. The molecule has 1 unspecified atom stereocenters. The third-order valence-corrected chi connectivity index (χ3v) is 13.8. The molecule has 0 aromatic carbocycles. The summed E-state index contributed by atoms with van der Waals surface area (Å²) >= 11 is 0. The van der Waals surface area contributed by atoms with Crippen molar-refractivity contribution in [3.63, 3.8) is 0 Å². The SMILES string of the molecule is CC/C=C\C/C=C\C/C=C\C/C=C\C/C=C\C/C=C\C/C=C\CCCCCC(=O)OCC(COC(=O)CCCCCCCCCCCCCCCCC)OC(=O)CCCCCCCCC/C=C\C/C=C\C/C=C\C/C=C\C/C=C\CC. The normalized spacial score (nSPS) is 13.1. The largest absolute Gasteiger partial charge is 0.462 e. The van der Waals surface area contributed by atoms with Crippen LogP contribution in [0.1, 0.15) is 290 Å². The van der Waals surface area contributed by atoms with E-state index in [9.17, 15) is 14.4 Å². The van der Waals surface area contributed by atoms with Crippen LogP contribution in [0.4, 0.5) is 0 Å². The van der Waals surface area contributed by atoms with E-state index in [1.165, 1.54) is 96.3 Å². The second kappa shape index (κ2) is 67.8. The van der Waals surface area contributed by atoms with Gasteiger partial charge in [-0.1, -0.05) is 295 Å². The molecule has 0 radical (unpaired) electrons. The van der Waals surface area contributed by atoms with Gasteiger partial charge in [0.15, 0.2) is 6.10 Å². The number of ether oxygens (including phenoxy) is 3. The molecule has 1 atom stereocenters. The van der Waals surface area contributed by atoms with Crippen molar-refractivity contribution in [3.05, 3.63) is 146 Å². The van der Waals surface area contributed by atoms with Crippen molar-refractivity contribution in [2.45, 2.75) is 297 Å². The van der Waals surface area contributed by atoms with Crippen molar-refractivity contribution in [2.24, 2.45) is 0 Å². The zero-order chi connectivity index (χ0) is 58.5. The van der Waals surface area contributed by atoms with Crippen molar-refractivity contribution in [2.75, 3.05) is 13.2 Å². The van der Waals surface area contributed by atoms with E-state index in [4.69, 9.17) is 14.2 Å². The maximum atomic E-state index is 12.9. The molecular weight excluding hydrogens is 997 g/mol. The van der Waals surface area contributed by atoms with E-state index in [0.717, 1.165) is 154 Å². The van der Waals surface area contributed by atoms with Crippen LogP contribution in [0.15, 0.2) is 146 Å². The van der Waals surface area contributed by atoms with E-state index in [1.54, 1.807) is 0 Å². The predicted octanol–water partition coefficient (Wildman–Crippen LogP) is 23.1. The molecule has 0 fully saturated rings. The number of carbonyl (C=O) groups is 3. The maximum Gasteiger partial charge on any atom is 0.306 e. The second-order valence-electron chi connectivity index (χ2n) is 21.6. The predicted molar refractivity (Wildman–Crippen MR) is 352 cm³/mol. The first-order valence-corrected chi connectivity index (χ1v) is 33.3. The lowest BCUT2D eigenvalue weighted by Gasteiger charge is -2.18. The smallest absolute Gasteiger partial charge is 0.306 e. The van der Waals surface area contributed by atoms with E-state index in [0.29, 0.717) is 19.3 Å². The van der Waals surface area contributed by atoms with Gasteiger partial charge < -0.3 is 14.2 Å². The van der Waals surface area contributed by atoms with Gasteiger partial charge in [0.2, 0.25) is 0 Å². The first-order valence-electron chi connectivity index (χ1n) is 33.3. The van der Waals surface area contributed by atoms with Gasteiger partial charge in [-0.25, -0.2) is 0 Å². The standard InChI is InChI=1S/C75H122O6/c1-4-7-10-13-16-19-22-25-28-30-32-34-36-37-39-40-42-44-47-50-53-56-59-62-65-68-74(77)80-71-72(70-79-73(76)67-64-61-58-55-52-49-46-27-24-21-18-15-12-9-6-3)81-75(78)69-66-63-60-57-54-51-48-45-43-41-38-35-33-31-29-26-23-20-17-14-11-8-5-2/h7-8,10-11,16-17,19-20,25-26,28-29,32-35,37,39,41-44,50,53,72H,4-6,9,12-15,18,21-24,27,30-31,36,38,40,45-49,51-52,54-71H2,1-3H3/b10-7-,11-8-,19-16-,20-17-,28-25-,29-26-,34-32-,35-33-,39-37-,43-41-,44-42-,53-50-. The number of carbonyl (C=O) groups excluding carboxylic acids is 3. The number of esters is 3. The number of unbranched alkanes of at least 4 members (excludes halogenated alkanes) is 24. The topological polar surface area (TPSA) is 78.9 Å². The van der Waals surface area contributed by atoms with E-state index >= 15 is 0 Å². The Kier molecular flexibility index (Phi) is 63.9. The average molecular weight is 1120 g/mol. The Morgan fingerprint density at radius 2 is 0.481 bits per heavy atom. The van der Waals surface area contributed by atoms with Crippen molar-refractivity contribution >= 4 is 17.9 Å². The Labute approximate surface area is 499 Å². The van der Waals surface area contributed by atoms with E-state index in [-0.39, 0.29) is 31.1 Å². The third-order valence-electron chi connectivity index (χ3n) is 13.8. The summed E-state index contributed by atoms with van der Waals surface area (Å²) in [5.41, 5.74) is 0. The fourth-order valence-electron chi connectivity index (χ4n) is 8.92. The van der Waals surface area contributed by atoms with Crippen LogP contribution < -0.4 is 0 Å². The van der Waals surface area contributed by atoms with Crippen LogP contribution in [0.5, 0.6) is 0 Å². The molecule has 81 heavy (non-hydrogen) atoms. The zero-order valence-corrected chi connectivity index (χ0v) is 52.5. The van der Waals surface area contributed by atoms with Gasteiger partial charge in [0.1, 0.15) is 13.2 Å². The number of hydrogen-bond acceptors (Lipinski definition) is 6. The lowest BCUT2D eigenvalue weighted by molar-refractivity contribution is -0.167. The molecule has 0 aliphatic carbocycles. The quantitative estimate of drug-likeness (QED) is 0.0261. The number of rotatable bonds is 59. The van der Waals surface area contributed by atoms with Gasteiger partial charge in [-0.05, 0) is 122 Å². The van der Waals surface area contributed by atoms with Crippen LogP contribution in [-0.4, -0.2) is 37.2 Å². The van der Waals surface area contributed by atoms with Crippen molar-refractivity contribution < 1.29 is 28.6 Å². The van der Waals surface area contributed by atoms with Crippen molar-refractivity contribution in [1.82, 2.24) is 0 Å². The van der Waals surface area contributed by atoms with Crippen LogP contribution >= 0.6 is 0 Å². The molecule has 6 heteroatoms. The Balaban J connectivity index is 4.48. The molecule has 0 heterocycles. The van der Waals surface area contributed by atoms with Gasteiger partial charge in [0, 0.05) is 19.3 Å². The van der Waals surface area contributed by atoms with Gasteiger partial charge in [-0.15, -0.1) is 0 Å². The van der Waals surface area contributed by atoms with Crippen molar-refractivity contribution in [3.8, 4) is 0 Å². The summed E-state index contributed by atoms with van der Waals surface area (Å²) in [5.74, 6) is -0.937.